The zero-order valence-electron chi connectivity index (χ0n) is 22.1. The smallest absolute Gasteiger partial charge is 0.227 e. The van der Waals surface area contributed by atoms with Gasteiger partial charge in [-0.25, -0.2) is 0 Å². The molecule has 0 spiro atoms. The van der Waals surface area contributed by atoms with E-state index in [2.05, 4.69) is 63.0 Å². The molecule has 188 valence electrons. The Labute approximate surface area is 211 Å². The highest BCUT2D eigenvalue weighted by Gasteiger charge is 2.41. The molecule has 0 radical (unpaired) electrons. The maximum Gasteiger partial charge on any atom is 0.227 e. The van der Waals surface area contributed by atoms with Gasteiger partial charge in [-0.1, -0.05) is 69.3 Å². The average molecular weight is 493 g/mol. The van der Waals surface area contributed by atoms with Gasteiger partial charge in [0, 0.05) is 37.5 Å². The number of rotatable bonds is 8. The molecule has 6 heteroatoms. The highest BCUT2D eigenvalue weighted by molar-refractivity contribution is 6.74. The van der Waals surface area contributed by atoms with Crippen LogP contribution in [0.2, 0.25) is 18.1 Å². The van der Waals surface area contributed by atoms with Gasteiger partial charge in [0.25, 0.3) is 0 Å². The molecule has 0 N–H and O–H groups in total. The number of furan rings is 1. The number of likely N-dealkylation sites (tertiary alicyclic amines) is 1. The minimum atomic E-state index is -1.80. The number of benzene rings is 2. The lowest BCUT2D eigenvalue weighted by atomic mass is 10.0. The van der Waals surface area contributed by atoms with Gasteiger partial charge in [-0.3, -0.25) is 9.69 Å². The number of hydrogen-bond acceptors (Lipinski definition) is 4. The molecule has 2 unspecified atom stereocenters. The van der Waals surface area contributed by atoms with Crippen molar-refractivity contribution in [3.05, 3.63) is 72.2 Å². The van der Waals surface area contributed by atoms with Crippen LogP contribution in [0.1, 0.15) is 44.4 Å². The van der Waals surface area contributed by atoms with Crippen molar-refractivity contribution in [2.45, 2.75) is 63.9 Å². The van der Waals surface area contributed by atoms with Crippen molar-refractivity contribution in [1.29, 1.82) is 0 Å². The molecule has 1 amide bonds. The van der Waals surface area contributed by atoms with Gasteiger partial charge in [-0.2, -0.15) is 0 Å². The van der Waals surface area contributed by atoms with Crippen LogP contribution in [0.25, 0.3) is 10.8 Å². The van der Waals surface area contributed by atoms with E-state index in [4.69, 9.17) is 8.84 Å². The van der Waals surface area contributed by atoms with E-state index in [1.54, 1.807) is 12.5 Å². The van der Waals surface area contributed by atoms with Crippen molar-refractivity contribution in [1.82, 2.24) is 9.80 Å². The van der Waals surface area contributed by atoms with E-state index in [0.29, 0.717) is 6.42 Å². The first-order chi connectivity index (χ1) is 16.5. The number of amides is 1. The standard InChI is InChI=1S/C29H40N2O3Si/c1-29(2,3)35(5,6)34-25-15-16-31(18-25)19-27(22-11-8-7-9-12-22)30(4)28(32)17-23-13-10-14-24-20-33-21-26(23)24/h7-14,20-21,25,27H,15-19H2,1-6H3. The van der Waals surface area contributed by atoms with Crippen molar-refractivity contribution in [3.63, 3.8) is 0 Å². The summed E-state index contributed by atoms with van der Waals surface area (Å²) in [5, 5.41) is 2.25. The van der Waals surface area contributed by atoms with Crippen molar-refractivity contribution in [2.75, 3.05) is 26.7 Å². The first-order valence-electron chi connectivity index (χ1n) is 12.7. The van der Waals surface area contributed by atoms with Gasteiger partial charge in [-0.15, -0.1) is 0 Å². The second kappa shape index (κ2) is 10.3. The van der Waals surface area contributed by atoms with E-state index >= 15 is 0 Å². The first kappa shape index (κ1) is 25.7. The molecule has 1 aliphatic rings. The lowest BCUT2D eigenvalue weighted by Crippen LogP contribution is -2.45. The summed E-state index contributed by atoms with van der Waals surface area (Å²) in [5.74, 6) is 0.112. The normalized spacial score (nSPS) is 18.2. The molecule has 5 nitrogen and oxygen atoms in total. The summed E-state index contributed by atoms with van der Waals surface area (Å²) in [6, 6.07) is 16.4. The molecule has 2 atom stereocenters. The summed E-state index contributed by atoms with van der Waals surface area (Å²) >= 11 is 0. The number of carbonyl (C=O) groups excluding carboxylic acids is 1. The Bertz CT molecular complexity index is 1140. The number of nitrogens with zero attached hydrogens (tertiary/aromatic N) is 2. The Hall–Kier alpha value is -2.41. The molecule has 35 heavy (non-hydrogen) atoms. The molecule has 1 aromatic heterocycles. The van der Waals surface area contributed by atoms with Crippen molar-refractivity contribution in [3.8, 4) is 0 Å². The minimum absolute atomic E-state index is 0.0149. The van der Waals surface area contributed by atoms with Gasteiger partial charge >= 0.3 is 0 Å². The molecule has 1 fully saturated rings. The third-order valence-electron chi connectivity index (χ3n) is 7.93. The summed E-state index contributed by atoms with van der Waals surface area (Å²) in [5.41, 5.74) is 2.17. The Balaban J connectivity index is 1.47. The van der Waals surface area contributed by atoms with Crippen LogP contribution in [-0.4, -0.2) is 56.8 Å². The van der Waals surface area contributed by atoms with Crippen molar-refractivity contribution < 1.29 is 13.6 Å². The summed E-state index contributed by atoms with van der Waals surface area (Å²) < 4.78 is 12.1. The van der Waals surface area contributed by atoms with Gasteiger partial charge in [-0.05, 0) is 35.7 Å². The van der Waals surface area contributed by atoms with Gasteiger partial charge < -0.3 is 13.7 Å². The number of carbonyl (C=O) groups is 1. The summed E-state index contributed by atoms with van der Waals surface area (Å²) in [6.45, 7) is 14.3. The molecule has 4 rings (SSSR count). The van der Waals surface area contributed by atoms with E-state index in [1.807, 2.05) is 36.2 Å². The highest BCUT2D eigenvalue weighted by Crippen LogP contribution is 2.38. The summed E-state index contributed by atoms with van der Waals surface area (Å²) in [6.07, 6.45) is 5.14. The molecule has 2 aromatic carbocycles. The van der Waals surface area contributed by atoms with Crippen molar-refractivity contribution >= 4 is 25.0 Å². The molecular formula is C29H40N2O3Si. The molecule has 0 bridgehead atoms. The quantitative estimate of drug-likeness (QED) is 0.348. The van der Waals surface area contributed by atoms with Crippen LogP contribution < -0.4 is 0 Å². The van der Waals surface area contributed by atoms with Gasteiger partial charge in [0.2, 0.25) is 5.91 Å². The second-order valence-corrected chi connectivity index (χ2v) is 16.2. The van der Waals surface area contributed by atoms with Crippen LogP contribution in [-0.2, 0) is 15.6 Å². The van der Waals surface area contributed by atoms with E-state index in [0.717, 1.165) is 42.4 Å². The third kappa shape index (κ3) is 5.88. The molecule has 1 aliphatic heterocycles. The van der Waals surface area contributed by atoms with Crippen LogP contribution >= 0.6 is 0 Å². The number of fused-ring (bicyclic) bond motifs is 1. The summed E-state index contributed by atoms with van der Waals surface area (Å²) in [4.78, 5) is 17.9. The second-order valence-electron chi connectivity index (χ2n) is 11.4. The van der Waals surface area contributed by atoms with Crippen LogP contribution in [0.4, 0.5) is 0 Å². The fraction of sp³-hybridized carbons (Fsp3) is 0.483. The predicted molar refractivity (Wildman–Crippen MR) is 145 cm³/mol. The Morgan fingerprint density at radius 2 is 1.89 bits per heavy atom. The van der Waals surface area contributed by atoms with Crippen LogP contribution in [0, 0.1) is 0 Å². The first-order valence-corrected chi connectivity index (χ1v) is 15.6. The molecule has 0 aliphatic carbocycles. The molecule has 3 aromatic rings. The number of hydrogen-bond donors (Lipinski definition) is 0. The molecular weight excluding hydrogens is 452 g/mol. The van der Waals surface area contributed by atoms with Crippen LogP contribution in [0.3, 0.4) is 0 Å². The SMILES string of the molecule is CN(C(=O)Cc1cccc2cocc12)C(CN1CCC(O[Si](C)(C)C(C)(C)C)C1)c1ccccc1. The van der Waals surface area contributed by atoms with Gasteiger partial charge in [0.15, 0.2) is 8.32 Å². The van der Waals surface area contributed by atoms with E-state index in [-0.39, 0.29) is 23.1 Å². The van der Waals surface area contributed by atoms with Gasteiger partial charge in [0.1, 0.15) is 0 Å². The highest BCUT2D eigenvalue weighted by atomic mass is 28.4. The molecule has 0 saturated carbocycles. The topological polar surface area (TPSA) is 45.9 Å². The Morgan fingerprint density at radius 3 is 2.60 bits per heavy atom. The minimum Gasteiger partial charge on any atom is -0.471 e. The lowest BCUT2D eigenvalue weighted by molar-refractivity contribution is -0.131. The van der Waals surface area contributed by atoms with Crippen LogP contribution in [0.5, 0.6) is 0 Å². The Kier molecular flexibility index (Phi) is 7.55. The monoisotopic (exact) mass is 492 g/mol. The zero-order chi connectivity index (χ0) is 25.2. The number of likely N-dealkylation sites (N-methyl/N-ethyl adjacent to an activating group) is 1. The fourth-order valence-corrected chi connectivity index (χ4v) is 6.07. The third-order valence-corrected chi connectivity index (χ3v) is 12.5. The summed E-state index contributed by atoms with van der Waals surface area (Å²) in [7, 11) is 0.138. The average Bonchev–Trinajstić information content (AvgIpc) is 3.46. The molecule has 1 saturated heterocycles. The maximum atomic E-state index is 13.5. The Morgan fingerprint density at radius 1 is 1.14 bits per heavy atom. The fourth-order valence-electron chi connectivity index (χ4n) is 4.69. The maximum absolute atomic E-state index is 13.5. The van der Waals surface area contributed by atoms with E-state index in [9.17, 15) is 4.79 Å². The lowest BCUT2D eigenvalue weighted by Gasteiger charge is -2.38. The molecule has 2 heterocycles. The zero-order valence-corrected chi connectivity index (χ0v) is 23.1. The predicted octanol–water partition coefficient (Wildman–Crippen LogP) is 6.27. The van der Waals surface area contributed by atoms with Crippen LogP contribution in [0.15, 0.2) is 65.5 Å². The van der Waals surface area contributed by atoms with Gasteiger partial charge in [0.05, 0.1) is 31.1 Å². The van der Waals surface area contributed by atoms with E-state index < -0.39 is 8.32 Å². The van der Waals surface area contributed by atoms with E-state index in [1.165, 1.54) is 5.56 Å². The van der Waals surface area contributed by atoms with Crippen molar-refractivity contribution in [2.24, 2.45) is 0 Å². The largest absolute Gasteiger partial charge is 0.471 e.